The molecular weight excluding hydrogens is 264 g/mol. The van der Waals surface area contributed by atoms with Gasteiger partial charge in [0.25, 0.3) is 0 Å². The molecule has 0 saturated heterocycles. The van der Waals surface area contributed by atoms with Gasteiger partial charge in [-0.05, 0) is 37.0 Å². The zero-order chi connectivity index (χ0) is 15.2. The molecule has 0 radical (unpaired) electrons. The average Bonchev–Trinajstić information content (AvgIpc) is 2.37. The predicted octanol–water partition coefficient (Wildman–Crippen LogP) is 5.09. The van der Waals surface area contributed by atoms with E-state index in [4.69, 9.17) is 4.74 Å². The zero-order valence-electron chi connectivity index (χ0n) is 13.5. The number of carbonyl (C=O) groups is 1. The Kier molecular flexibility index (Phi) is 6.47. The largest absolute Gasteiger partial charge is 0.462 e. The van der Waals surface area contributed by atoms with E-state index in [2.05, 4.69) is 32.6 Å². The van der Waals surface area contributed by atoms with Gasteiger partial charge in [0.15, 0.2) is 0 Å². The van der Waals surface area contributed by atoms with Crippen LogP contribution in [0.15, 0.2) is 24.3 Å². The SMILES string of the molecule is CCCC(C[Si](C)(C)C)c1cccc(C(=O)OCC)c1. The van der Waals surface area contributed by atoms with Crippen molar-refractivity contribution in [1.29, 1.82) is 0 Å². The van der Waals surface area contributed by atoms with E-state index in [0.717, 1.165) is 0 Å². The minimum absolute atomic E-state index is 0.211. The van der Waals surface area contributed by atoms with E-state index in [0.29, 0.717) is 18.1 Å². The summed E-state index contributed by atoms with van der Waals surface area (Å²) in [5.41, 5.74) is 1.97. The summed E-state index contributed by atoms with van der Waals surface area (Å²) in [5, 5.41) is 0. The fraction of sp³-hybridized carbons (Fsp3) is 0.588. The molecule has 2 nitrogen and oxygen atoms in total. The van der Waals surface area contributed by atoms with E-state index in [1.54, 1.807) is 0 Å². The van der Waals surface area contributed by atoms with Gasteiger partial charge >= 0.3 is 5.97 Å². The Hall–Kier alpha value is -1.09. The second-order valence-corrected chi connectivity index (χ2v) is 12.1. The van der Waals surface area contributed by atoms with E-state index < -0.39 is 8.07 Å². The van der Waals surface area contributed by atoms with E-state index in [1.165, 1.54) is 24.4 Å². The van der Waals surface area contributed by atoms with Crippen LogP contribution in [-0.2, 0) is 4.74 Å². The quantitative estimate of drug-likeness (QED) is 0.517. The number of carbonyl (C=O) groups excluding carboxylic acids is 1. The number of benzene rings is 1. The summed E-state index contributed by atoms with van der Waals surface area (Å²) in [6.45, 7) is 11.7. The van der Waals surface area contributed by atoms with Gasteiger partial charge in [0.2, 0.25) is 0 Å². The maximum absolute atomic E-state index is 11.8. The minimum Gasteiger partial charge on any atom is -0.462 e. The summed E-state index contributed by atoms with van der Waals surface area (Å²) in [6, 6.07) is 9.28. The molecular formula is C17H28O2Si. The van der Waals surface area contributed by atoms with Crippen LogP contribution in [0.1, 0.15) is 48.5 Å². The first-order chi connectivity index (χ1) is 9.37. The number of ether oxygens (including phenoxy) is 1. The first-order valence-electron chi connectivity index (χ1n) is 7.64. The van der Waals surface area contributed by atoms with Crippen molar-refractivity contribution < 1.29 is 9.53 Å². The second kappa shape index (κ2) is 7.63. The minimum atomic E-state index is -1.12. The molecule has 3 heteroatoms. The molecule has 20 heavy (non-hydrogen) atoms. The second-order valence-electron chi connectivity index (χ2n) is 6.60. The molecule has 0 saturated carbocycles. The Balaban J connectivity index is 2.96. The molecule has 0 N–H and O–H groups in total. The first-order valence-corrected chi connectivity index (χ1v) is 11.3. The fourth-order valence-electron chi connectivity index (χ4n) is 2.61. The molecule has 112 valence electrons. The third-order valence-electron chi connectivity index (χ3n) is 3.37. The van der Waals surface area contributed by atoms with Crippen LogP contribution >= 0.6 is 0 Å². The van der Waals surface area contributed by atoms with Gasteiger partial charge in [0.05, 0.1) is 12.2 Å². The van der Waals surface area contributed by atoms with Crippen LogP contribution in [0.3, 0.4) is 0 Å². The van der Waals surface area contributed by atoms with Crippen molar-refractivity contribution in [2.24, 2.45) is 0 Å². The van der Waals surface area contributed by atoms with Crippen LogP contribution < -0.4 is 0 Å². The van der Waals surface area contributed by atoms with E-state index >= 15 is 0 Å². The Labute approximate surface area is 124 Å². The third-order valence-corrected chi connectivity index (χ3v) is 5.08. The van der Waals surface area contributed by atoms with Crippen LogP contribution in [-0.4, -0.2) is 20.7 Å². The molecule has 0 aliphatic heterocycles. The van der Waals surface area contributed by atoms with Crippen LogP contribution in [0.2, 0.25) is 25.7 Å². The summed E-state index contributed by atoms with van der Waals surface area (Å²) in [6.07, 6.45) is 2.37. The molecule has 0 spiro atoms. The normalized spacial score (nSPS) is 13.1. The van der Waals surface area contributed by atoms with Gasteiger partial charge in [-0.1, -0.05) is 51.2 Å². The summed E-state index contributed by atoms with van der Waals surface area (Å²) in [4.78, 5) is 11.8. The third kappa shape index (κ3) is 5.49. The molecule has 1 aromatic rings. The lowest BCUT2D eigenvalue weighted by Gasteiger charge is -2.25. The van der Waals surface area contributed by atoms with Crippen molar-refractivity contribution in [3.63, 3.8) is 0 Å². The summed E-state index contributed by atoms with van der Waals surface area (Å²) >= 11 is 0. The number of hydrogen-bond donors (Lipinski definition) is 0. The lowest BCUT2D eigenvalue weighted by Crippen LogP contribution is -2.23. The Morgan fingerprint density at radius 1 is 1.25 bits per heavy atom. The Bertz CT molecular complexity index is 435. The summed E-state index contributed by atoms with van der Waals surface area (Å²) in [5.74, 6) is 0.360. The van der Waals surface area contributed by atoms with E-state index in [1.807, 2.05) is 25.1 Å². The average molecular weight is 292 g/mol. The van der Waals surface area contributed by atoms with Gasteiger partial charge in [-0.2, -0.15) is 0 Å². The van der Waals surface area contributed by atoms with Crippen molar-refractivity contribution in [2.45, 2.75) is 58.3 Å². The van der Waals surface area contributed by atoms with Crippen LogP contribution in [0, 0.1) is 0 Å². The zero-order valence-corrected chi connectivity index (χ0v) is 14.5. The van der Waals surface area contributed by atoms with Crippen molar-refractivity contribution in [3.8, 4) is 0 Å². The summed E-state index contributed by atoms with van der Waals surface area (Å²) in [7, 11) is -1.12. The maximum Gasteiger partial charge on any atom is 0.338 e. The monoisotopic (exact) mass is 292 g/mol. The predicted molar refractivity (Wildman–Crippen MR) is 88.2 cm³/mol. The van der Waals surface area contributed by atoms with Gasteiger partial charge in [-0.15, -0.1) is 0 Å². The fourth-order valence-corrected chi connectivity index (χ4v) is 4.53. The standard InChI is InChI=1S/C17H28O2Si/c1-6-9-16(13-20(3,4)5)14-10-8-11-15(12-14)17(18)19-7-2/h8,10-12,16H,6-7,9,13H2,1-5H3. The Morgan fingerprint density at radius 3 is 2.50 bits per heavy atom. The number of esters is 1. The molecule has 0 aromatic heterocycles. The molecule has 1 rings (SSSR count). The highest BCUT2D eigenvalue weighted by molar-refractivity contribution is 6.76. The molecule has 0 aliphatic rings. The van der Waals surface area contributed by atoms with Gasteiger partial charge in [0, 0.05) is 8.07 Å². The molecule has 1 unspecified atom stereocenters. The van der Waals surface area contributed by atoms with Gasteiger partial charge < -0.3 is 4.74 Å². The summed E-state index contributed by atoms with van der Waals surface area (Å²) < 4.78 is 5.09. The number of hydrogen-bond acceptors (Lipinski definition) is 2. The Morgan fingerprint density at radius 2 is 1.95 bits per heavy atom. The lowest BCUT2D eigenvalue weighted by atomic mass is 9.95. The van der Waals surface area contributed by atoms with Gasteiger partial charge in [-0.25, -0.2) is 4.79 Å². The molecule has 0 aliphatic carbocycles. The van der Waals surface area contributed by atoms with E-state index in [-0.39, 0.29) is 5.97 Å². The van der Waals surface area contributed by atoms with Crippen molar-refractivity contribution in [1.82, 2.24) is 0 Å². The van der Waals surface area contributed by atoms with Crippen LogP contribution in [0.4, 0.5) is 0 Å². The molecule has 0 heterocycles. The van der Waals surface area contributed by atoms with Crippen LogP contribution in [0.25, 0.3) is 0 Å². The van der Waals surface area contributed by atoms with E-state index in [9.17, 15) is 4.79 Å². The van der Waals surface area contributed by atoms with Crippen LogP contribution in [0.5, 0.6) is 0 Å². The van der Waals surface area contributed by atoms with Gasteiger partial charge in [0.1, 0.15) is 0 Å². The van der Waals surface area contributed by atoms with Crippen molar-refractivity contribution >= 4 is 14.0 Å². The highest BCUT2D eigenvalue weighted by atomic mass is 28.3. The van der Waals surface area contributed by atoms with Gasteiger partial charge in [-0.3, -0.25) is 0 Å². The van der Waals surface area contributed by atoms with Crippen molar-refractivity contribution in [3.05, 3.63) is 35.4 Å². The molecule has 0 amide bonds. The molecule has 1 atom stereocenters. The topological polar surface area (TPSA) is 26.3 Å². The maximum atomic E-state index is 11.8. The first kappa shape index (κ1) is 17.0. The molecule has 1 aromatic carbocycles. The highest BCUT2D eigenvalue weighted by Crippen LogP contribution is 2.31. The molecule has 0 bridgehead atoms. The lowest BCUT2D eigenvalue weighted by molar-refractivity contribution is 0.0526. The smallest absolute Gasteiger partial charge is 0.338 e. The molecule has 0 fully saturated rings. The van der Waals surface area contributed by atoms with Crippen molar-refractivity contribution in [2.75, 3.05) is 6.61 Å². The highest BCUT2D eigenvalue weighted by Gasteiger charge is 2.22. The number of rotatable bonds is 7.